The van der Waals surface area contributed by atoms with E-state index in [1.165, 1.54) is 0 Å². The van der Waals surface area contributed by atoms with Gasteiger partial charge in [0.15, 0.2) is 0 Å². The minimum absolute atomic E-state index is 0.00982. The molecular weight excluding hydrogens is 400 g/mol. The molecule has 4 rings (SSSR count). The predicted octanol–water partition coefficient (Wildman–Crippen LogP) is 4.18. The fraction of sp³-hybridized carbons (Fsp3) is 0.391. The van der Waals surface area contributed by atoms with Crippen molar-refractivity contribution in [2.45, 2.75) is 26.3 Å². The van der Waals surface area contributed by atoms with Crippen molar-refractivity contribution in [2.24, 2.45) is 5.92 Å². The number of amides is 1. The number of carbonyl (C=O) groups is 2. The zero-order chi connectivity index (χ0) is 21.1. The molecule has 0 unspecified atom stereocenters. The first-order valence-corrected chi connectivity index (χ1v) is 11.1. The highest BCUT2D eigenvalue weighted by Gasteiger charge is 2.30. The van der Waals surface area contributed by atoms with E-state index in [1.807, 2.05) is 47.5 Å². The van der Waals surface area contributed by atoms with Gasteiger partial charge in [-0.25, -0.2) is 0 Å². The van der Waals surface area contributed by atoms with Crippen LogP contribution in [-0.2, 0) is 16.1 Å². The van der Waals surface area contributed by atoms with Gasteiger partial charge in [0.05, 0.1) is 36.4 Å². The van der Waals surface area contributed by atoms with Crippen LogP contribution in [0.2, 0.25) is 0 Å². The lowest BCUT2D eigenvalue weighted by atomic mass is 9.97. The number of para-hydroxylation sites is 1. The second-order valence-electron chi connectivity index (χ2n) is 7.42. The number of hydrogen-bond acceptors (Lipinski definition) is 5. The minimum Gasteiger partial charge on any atom is -0.496 e. The van der Waals surface area contributed by atoms with Crippen LogP contribution in [0, 0.1) is 5.92 Å². The Morgan fingerprint density at radius 2 is 1.93 bits per heavy atom. The number of thiophene rings is 1. The molecule has 2 aromatic heterocycles. The molecule has 0 bridgehead atoms. The minimum atomic E-state index is -0.148. The Balaban J connectivity index is 1.57. The molecule has 1 aliphatic rings. The summed E-state index contributed by atoms with van der Waals surface area (Å²) >= 11 is 1.63. The summed E-state index contributed by atoms with van der Waals surface area (Å²) in [6.45, 7) is 3.90. The highest BCUT2D eigenvalue weighted by molar-refractivity contribution is 7.17. The summed E-state index contributed by atoms with van der Waals surface area (Å²) < 4.78 is 13.8. The van der Waals surface area contributed by atoms with Crippen LogP contribution in [0.1, 0.15) is 35.8 Å². The third-order valence-electron chi connectivity index (χ3n) is 5.66. The van der Waals surface area contributed by atoms with Crippen molar-refractivity contribution in [3.8, 4) is 5.75 Å². The molecule has 30 heavy (non-hydrogen) atoms. The zero-order valence-electron chi connectivity index (χ0n) is 17.3. The maximum Gasteiger partial charge on any atom is 0.309 e. The molecule has 0 atom stereocenters. The molecule has 1 amide bonds. The molecule has 7 heteroatoms. The molecule has 3 heterocycles. The number of nitrogens with zero attached hydrogens (tertiary/aromatic N) is 2. The topological polar surface area (TPSA) is 60.8 Å². The Hall–Kier alpha value is -2.80. The molecule has 0 aliphatic carbocycles. The van der Waals surface area contributed by atoms with Crippen LogP contribution in [-0.4, -0.2) is 48.1 Å². The lowest BCUT2D eigenvalue weighted by Gasteiger charge is -2.31. The van der Waals surface area contributed by atoms with Crippen molar-refractivity contribution in [3.05, 3.63) is 53.0 Å². The molecule has 0 spiro atoms. The average Bonchev–Trinajstić information content (AvgIpc) is 3.36. The summed E-state index contributed by atoms with van der Waals surface area (Å²) in [7, 11) is 1.66. The van der Waals surface area contributed by atoms with Gasteiger partial charge < -0.3 is 18.9 Å². The number of ether oxygens (including phenoxy) is 2. The van der Waals surface area contributed by atoms with Gasteiger partial charge in [-0.05, 0) is 43.3 Å². The number of likely N-dealkylation sites (tertiary alicyclic amines) is 1. The number of benzene rings is 1. The molecule has 1 aliphatic heterocycles. The first-order valence-electron chi connectivity index (χ1n) is 10.3. The number of esters is 1. The van der Waals surface area contributed by atoms with Crippen molar-refractivity contribution in [2.75, 3.05) is 26.8 Å². The monoisotopic (exact) mass is 426 g/mol. The van der Waals surface area contributed by atoms with Crippen LogP contribution in [0.25, 0.3) is 10.2 Å². The van der Waals surface area contributed by atoms with E-state index in [9.17, 15) is 9.59 Å². The normalized spacial score (nSPS) is 14.8. The first-order chi connectivity index (χ1) is 14.6. The second-order valence-corrected chi connectivity index (χ2v) is 8.36. The van der Waals surface area contributed by atoms with Crippen LogP contribution in [0.15, 0.2) is 41.8 Å². The number of aromatic nitrogens is 1. The third kappa shape index (κ3) is 3.94. The van der Waals surface area contributed by atoms with E-state index in [0.29, 0.717) is 44.8 Å². The fourth-order valence-corrected chi connectivity index (χ4v) is 4.89. The SMILES string of the molecule is CCOC(=O)C1CCN(C(=O)c2cc3sccc3n2Cc2ccccc2OC)CC1. The summed E-state index contributed by atoms with van der Waals surface area (Å²) in [6.07, 6.45) is 1.29. The Labute approximate surface area is 180 Å². The Kier molecular flexibility index (Phi) is 6.08. The smallest absolute Gasteiger partial charge is 0.309 e. The van der Waals surface area contributed by atoms with Crippen LogP contribution in [0.5, 0.6) is 5.75 Å². The van der Waals surface area contributed by atoms with E-state index in [0.717, 1.165) is 21.5 Å². The highest BCUT2D eigenvalue weighted by atomic mass is 32.1. The van der Waals surface area contributed by atoms with E-state index in [2.05, 4.69) is 10.6 Å². The maximum absolute atomic E-state index is 13.4. The van der Waals surface area contributed by atoms with E-state index >= 15 is 0 Å². The van der Waals surface area contributed by atoms with E-state index in [-0.39, 0.29) is 17.8 Å². The maximum atomic E-state index is 13.4. The number of methoxy groups -OCH3 is 1. The predicted molar refractivity (Wildman–Crippen MR) is 117 cm³/mol. The summed E-state index contributed by atoms with van der Waals surface area (Å²) in [6, 6.07) is 11.9. The van der Waals surface area contributed by atoms with Gasteiger partial charge in [-0.15, -0.1) is 11.3 Å². The summed E-state index contributed by atoms with van der Waals surface area (Å²) in [5.41, 5.74) is 2.76. The van der Waals surface area contributed by atoms with Gasteiger partial charge >= 0.3 is 5.97 Å². The van der Waals surface area contributed by atoms with Crippen LogP contribution in [0.3, 0.4) is 0 Å². The van der Waals surface area contributed by atoms with Crippen molar-refractivity contribution in [3.63, 3.8) is 0 Å². The Morgan fingerprint density at radius 1 is 1.17 bits per heavy atom. The summed E-state index contributed by atoms with van der Waals surface area (Å²) in [4.78, 5) is 27.3. The van der Waals surface area contributed by atoms with Crippen LogP contribution >= 0.6 is 11.3 Å². The van der Waals surface area contributed by atoms with Crippen molar-refractivity contribution in [1.82, 2.24) is 9.47 Å². The molecule has 158 valence electrons. The summed E-state index contributed by atoms with van der Waals surface area (Å²) in [5, 5.41) is 2.04. The largest absolute Gasteiger partial charge is 0.496 e. The number of piperidine rings is 1. The molecule has 3 aromatic rings. The van der Waals surface area contributed by atoms with Crippen molar-refractivity contribution < 1.29 is 19.1 Å². The van der Waals surface area contributed by atoms with Crippen molar-refractivity contribution >= 4 is 33.4 Å². The zero-order valence-corrected chi connectivity index (χ0v) is 18.1. The van der Waals surface area contributed by atoms with Crippen LogP contribution in [0.4, 0.5) is 0 Å². The molecule has 1 fully saturated rings. The number of rotatable bonds is 6. The van der Waals surface area contributed by atoms with Gasteiger partial charge in [-0.3, -0.25) is 9.59 Å². The highest BCUT2D eigenvalue weighted by Crippen LogP contribution is 2.30. The molecule has 1 saturated heterocycles. The van der Waals surface area contributed by atoms with Gasteiger partial charge in [-0.1, -0.05) is 18.2 Å². The second kappa shape index (κ2) is 8.92. The molecule has 0 saturated carbocycles. The Bertz CT molecular complexity index is 1050. The Morgan fingerprint density at radius 3 is 2.67 bits per heavy atom. The van der Waals surface area contributed by atoms with Gasteiger partial charge in [0.1, 0.15) is 11.4 Å². The van der Waals surface area contributed by atoms with Gasteiger partial charge in [0.25, 0.3) is 5.91 Å². The third-order valence-corrected chi connectivity index (χ3v) is 6.52. The van der Waals surface area contributed by atoms with E-state index < -0.39 is 0 Å². The lowest BCUT2D eigenvalue weighted by Crippen LogP contribution is -2.41. The van der Waals surface area contributed by atoms with Crippen LogP contribution < -0.4 is 4.74 Å². The lowest BCUT2D eigenvalue weighted by molar-refractivity contribution is -0.149. The first kappa shape index (κ1) is 20.5. The number of carbonyl (C=O) groups excluding carboxylic acids is 2. The average molecular weight is 427 g/mol. The summed E-state index contributed by atoms with van der Waals surface area (Å²) in [5.74, 6) is 0.557. The van der Waals surface area contributed by atoms with Gasteiger partial charge in [0.2, 0.25) is 0 Å². The fourth-order valence-electron chi connectivity index (χ4n) is 4.07. The van der Waals surface area contributed by atoms with E-state index in [1.54, 1.807) is 18.4 Å². The quantitative estimate of drug-likeness (QED) is 0.555. The van der Waals surface area contributed by atoms with Crippen molar-refractivity contribution in [1.29, 1.82) is 0 Å². The van der Waals surface area contributed by atoms with E-state index in [4.69, 9.17) is 9.47 Å². The molecule has 0 radical (unpaired) electrons. The number of hydrogen-bond donors (Lipinski definition) is 0. The standard InChI is InChI=1S/C23H26N2O4S/c1-3-29-23(27)16-8-11-24(12-9-16)22(26)19-14-21-18(10-13-30-21)25(19)15-17-6-4-5-7-20(17)28-2/h4-7,10,13-14,16H,3,8-9,11-12,15H2,1-2H3. The van der Waals surface area contributed by atoms with Gasteiger partial charge in [0, 0.05) is 18.7 Å². The molecular formula is C23H26N2O4S. The van der Waals surface area contributed by atoms with Gasteiger partial charge in [-0.2, -0.15) is 0 Å². The molecule has 6 nitrogen and oxygen atoms in total. The molecule has 0 N–H and O–H groups in total. The molecule has 1 aromatic carbocycles. The number of fused-ring (bicyclic) bond motifs is 1.